The minimum Gasteiger partial charge on any atom is -0.376 e. The van der Waals surface area contributed by atoms with Crippen LogP contribution in [-0.4, -0.2) is 51.7 Å². The van der Waals surface area contributed by atoms with Crippen LogP contribution in [0.2, 0.25) is 0 Å². The van der Waals surface area contributed by atoms with Crippen LogP contribution < -0.4 is 0 Å². The van der Waals surface area contributed by atoms with Crippen molar-refractivity contribution in [2.75, 3.05) is 19.6 Å². The molecule has 2 aromatic carbocycles. The van der Waals surface area contributed by atoms with Gasteiger partial charge in [0.2, 0.25) is 0 Å². The first-order valence-electron chi connectivity index (χ1n) is 12.9. The van der Waals surface area contributed by atoms with E-state index in [4.69, 9.17) is 0 Å². The molecular weight excluding hydrogens is 475 g/mol. The Balaban J connectivity index is 1.42. The van der Waals surface area contributed by atoms with Crippen molar-refractivity contribution < 1.29 is 18.3 Å². The van der Waals surface area contributed by atoms with Crippen LogP contribution in [0.15, 0.2) is 67.0 Å². The third kappa shape index (κ3) is 6.40. The summed E-state index contributed by atoms with van der Waals surface area (Å²) in [5, 5.41) is 9.94. The second-order valence-corrected chi connectivity index (χ2v) is 10.3. The van der Waals surface area contributed by atoms with E-state index < -0.39 is 11.8 Å². The van der Waals surface area contributed by atoms with Crippen LogP contribution in [-0.2, 0) is 18.7 Å². The Labute approximate surface area is 217 Å². The number of aliphatic hydroxyl groups is 1. The molecule has 4 nitrogen and oxygen atoms in total. The van der Waals surface area contributed by atoms with Crippen molar-refractivity contribution >= 4 is 0 Å². The second-order valence-electron chi connectivity index (χ2n) is 10.3. The highest BCUT2D eigenvalue weighted by molar-refractivity contribution is 5.68. The topological polar surface area (TPSA) is 39.6 Å². The summed E-state index contributed by atoms with van der Waals surface area (Å²) >= 11 is 0. The molecule has 198 valence electrons. The summed E-state index contributed by atoms with van der Waals surface area (Å²) in [6.45, 7) is 9.94. The molecule has 0 saturated carbocycles. The fourth-order valence-electron chi connectivity index (χ4n) is 5.18. The summed E-state index contributed by atoms with van der Waals surface area (Å²) in [5.74, 6) is 0. The maximum atomic E-state index is 13.2. The summed E-state index contributed by atoms with van der Waals surface area (Å²) in [6, 6.07) is 17.0. The molecule has 37 heavy (non-hydrogen) atoms. The molecule has 3 aromatic rings. The molecule has 1 N–H and O–H groups in total. The van der Waals surface area contributed by atoms with E-state index in [1.165, 1.54) is 23.3 Å². The lowest BCUT2D eigenvalue weighted by molar-refractivity contribution is -0.258. The third-order valence-electron chi connectivity index (χ3n) is 7.45. The number of rotatable bonds is 8. The molecule has 1 saturated heterocycles. The molecule has 1 aliphatic rings. The van der Waals surface area contributed by atoms with E-state index in [1.54, 1.807) is 12.1 Å². The van der Waals surface area contributed by atoms with Crippen molar-refractivity contribution in [2.24, 2.45) is 0 Å². The van der Waals surface area contributed by atoms with Gasteiger partial charge in [0.15, 0.2) is 5.60 Å². The number of hydrogen-bond donors (Lipinski definition) is 1. The summed E-state index contributed by atoms with van der Waals surface area (Å²) in [4.78, 5) is 9.24. The fourth-order valence-corrected chi connectivity index (χ4v) is 5.18. The highest BCUT2D eigenvalue weighted by Crippen LogP contribution is 2.39. The third-order valence-corrected chi connectivity index (χ3v) is 7.45. The summed E-state index contributed by atoms with van der Waals surface area (Å²) < 4.78 is 39.5. The van der Waals surface area contributed by atoms with Crippen LogP contribution in [0, 0.1) is 6.92 Å². The second kappa shape index (κ2) is 11.3. The van der Waals surface area contributed by atoms with Crippen LogP contribution in [0.3, 0.4) is 0 Å². The Morgan fingerprint density at radius 1 is 0.946 bits per heavy atom. The molecular formula is C30H36F3N3O. The molecule has 0 amide bonds. The van der Waals surface area contributed by atoms with Gasteiger partial charge in [-0.05, 0) is 65.8 Å². The predicted molar refractivity (Wildman–Crippen MR) is 141 cm³/mol. The van der Waals surface area contributed by atoms with Gasteiger partial charge in [-0.2, -0.15) is 13.2 Å². The van der Waals surface area contributed by atoms with Crippen molar-refractivity contribution in [1.82, 2.24) is 14.8 Å². The smallest absolute Gasteiger partial charge is 0.376 e. The zero-order valence-electron chi connectivity index (χ0n) is 21.8. The molecule has 2 atom stereocenters. The molecule has 7 heteroatoms. The van der Waals surface area contributed by atoms with E-state index in [0.29, 0.717) is 6.04 Å². The van der Waals surface area contributed by atoms with Gasteiger partial charge in [0, 0.05) is 51.2 Å². The summed E-state index contributed by atoms with van der Waals surface area (Å²) in [6.07, 6.45) is 1.29. The van der Waals surface area contributed by atoms with Crippen molar-refractivity contribution in [3.05, 3.63) is 89.2 Å². The predicted octanol–water partition coefficient (Wildman–Crippen LogP) is 6.31. The Morgan fingerprint density at radius 2 is 1.65 bits per heavy atom. The Kier molecular flexibility index (Phi) is 8.36. The fraction of sp³-hybridized carbons (Fsp3) is 0.433. The molecule has 0 aliphatic carbocycles. The van der Waals surface area contributed by atoms with Crippen LogP contribution in [0.25, 0.3) is 11.1 Å². The SMILES string of the molecule is CCC[C@H]1CN(Cc2ccc(-c3ccc(C(C)(O)C(F)(F)F)cc3)c(C)c2)CCN1Cc1ccncc1. The van der Waals surface area contributed by atoms with Crippen LogP contribution in [0.1, 0.15) is 48.9 Å². The Bertz CT molecular complexity index is 1160. The van der Waals surface area contributed by atoms with E-state index in [-0.39, 0.29) is 5.56 Å². The summed E-state index contributed by atoms with van der Waals surface area (Å²) in [5.41, 5.74) is 2.38. The minimum absolute atomic E-state index is 0.164. The van der Waals surface area contributed by atoms with Gasteiger partial charge in [0.05, 0.1) is 0 Å². The number of benzene rings is 2. The minimum atomic E-state index is -4.73. The van der Waals surface area contributed by atoms with E-state index in [9.17, 15) is 18.3 Å². The number of alkyl halides is 3. The molecule has 0 bridgehead atoms. The molecule has 0 radical (unpaired) electrons. The standard InChI is InChI=1S/C30H36F3N3O/c1-4-5-27-21-35(16-17-36(27)20-23-12-14-34-15-13-23)19-24-6-11-28(22(2)18-24)25-7-9-26(10-8-25)29(3,37)30(31,32)33/h6-15,18,27,37H,4-5,16-17,19-21H2,1-3H3/t27-,29?/m0/s1. The lowest BCUT2D eigenvalue weighted by Crippen LogP contribution is -2.52. The van der Waals surface area contributed by atoms with E-state index >= 15 is 0 Å². The number of piperazine rings is 1. The van der Waals surface area contributed by atoms with E-state index in [2.05, 4.69) is 46.0 Å². The maximum absolute atomic E-state index is 13.2. The monoisotopic (exact) mass is 511 g/mol. The number of halogens is 3. The van der Waals surface area contributed by atoms with Gasteiger partial charge < -0.3 is 5.11 Å². The maximum Gasteiger partial charge on any atom is 0.421 e. The first kappa shape index (κ1) is 27.3. The van der Waals surface area contributed by atoms with E-state index in [1.807, 2.05) is 25.4 Å². The molecule has 1 fully saturated rings. The molecule has 0 spiro atoms. The van der Waals surface area contributed by atoms with Crippen molar-refractivity contribution in [3.8, 4) is 11.1 Å². The Morgan fingerprint density at radius 3 is 2.27 bits per heavy atom. The first-order chi connectivity index (χ1) is 17.6. The van der Waals surface area contributed by atoms with Gasteiger partial charge in [0.25, 0.3) is 0 Å². The van der Waals surface area contributed by atoms with Gasteiger partial charge in [0.1, 0.15) is 0 Å². The molecule has 1 unspecified atom stereocenters. The van der Waals surface area contributed by atoms with Gasteiger partial charge in [-0.15, -0.1) is 0 Å². The number of aryl methyl sites for hydroxylation is 1. The molecule has 1 aromatic heterocycles. The largest absolute Gasteiger partial charge is 0.421 e. The number of nitrogens with zero attached hydrogens (tertiary/aromatic N) is 3. The number of pyridine rings is 1. The first-order valence-corrected chi connectivity index (χ1v) is 12.9. The van der Waals surface area contributed by atoms with Crippen molar-refractivity contribution in [1.29, 1.82) is 0 Å². The molecule has 2 heterocycles. The van der Waals surface area contributed by atoms with E-state index in [0.717, 1.165) is 69.2 Å². The van der Waals surface area contributed by atoms with Crippen LogP contribution in [0.4, 0.5) is 13.2 Å². The lowest BCUT2D eigenvalue weighted by Gasteiger charge is -2.41. The van der Waals surface area contributed by atoms with Gasteiger partial charge in [-0.25, -0.2) is 0 Å². The average molecular weight is 512 g/mol. The van der Waals surface area contributed by atoms with Gasteiger partial charge >= 0.3 is 6.18 Å². The normalized spacial score (nSPS) is 19.1. The van der Waals surface area contributed by atoms with Crippen molar-refractivity contribution in [2.45, 2.75) is 64.5 Å². The highest BCUT2D eigenvalue weighted by atomic mass is 19.4. The van der Waals surface area contributed by atoms with Crippen LogP contribution >= 0.6 is 0 Å². The Hall–Kier alpha value is -2.74. The number of aromatic nitrogens is 1. The number of hydrogen-bond acceptors (Lipinski definition) is 4. The lowest BCUT2D eigenvalue weighted by atomic mass is 9.92. The van der Waals surface area contributed by atoms with Crippen molar-refractivity contribution in [3.63, 3.8) is 0 Å². The highest BCUT2D eigenvalue weighted by Gasteiger charge is 2.51. The van der Waals surface area contributed by atoms with Gasteiger partial charge in [-0.3, -0.25) is 14.8 Å². The van der Waals surface area contributed by atoms with Crippen LogP contribution in [0.5, 0.6) is 0 Å². The quantitative estimate of drug-likeness (QED) is 0.385. The van der Waals surface area contributed by atoms with Gasteiger partial charge in [-0.1, -0.05) is 55.8 Å². The average Bonchev–Trinajstić information content (AvgIpc) is 2.86. The molecule has 4 rings (SSSR count). The zero-order chi connectivity index (χ0) is 26.6. The molecule has 1 aliphatic heterocycles. The zero-order valence-corrected chi connectivity index (χ0v) is 21.8. The summed E-state index contributed by atoms with van der Waals surface area (Å²) in [7, 11) is 0.